The Balaban J connectivity index is 0.752. The van der Waals surface area contributed by atoms with Gasteiger partial charge in [0.25, 0.3) is 0 Å². The van der Waals surface area contributed by atoms with E-state index in [4.69, 9.17) is 0 Å². The Labute approximate surface area is 593 Å². The average Bonchev–Trinajstić information content (AvgIpc) is 0.755. The molecule has 0 heteroatoms. The zero-order valence-electron chi connectivity index (χ0n) is 57.4. The summed E-state index contributed by atoms with van der Waals surface area (Å²) in [6, 6.07) is 96.5. The first-order valence-corrected chi connectivity index (χ1v) is 35.0. The summed E-state index contributed by atoms with van der Waals surface area (Å²) in [4.78, 5) is 0. The van der Waals surface area contributed by atoms with Gasteiger partial charge in [0.15, 0.2) is 0 Å². The lowest BCUT2D eigenvalue weighted by atomic mass is 9.83. The van der Waals surface area contributed by atoms with Crippen LogP contribution in [0.15, 0.2) is 267 Å². The summed E-state index contributed by atoms with van der Waals surface area (Å²) in [5.41, 5.74) is 12.3. The molecule has 0 aromatic heterocycles. The largest absolute Gasteiger partial charge is 0.0616 e. The number of benzene rings is 19. The minimum atomic E-state index is -0.221. The fraction of sp³-hybridized carbons (Fsp3) is 0.0784. The second-order valence-electron chi connectivity index (χ2n) is 29.3. The molecule has 0 saturated heterocycles. The van der Waals surface area contributed by atoms with Gasteiger partial charge in [-0.1, -0.05) is 307 Å². The molecule has 19 rings (SSSR count). The molecule has 0 fully saturated rings. The summed E-state index contributed by atoms with van der Waals surface area (Å²) in [5.74, 6) is 44.4. The van der Waals surface area contributed by atoms with Gasteiger partial charge in [-0.2, -0.15) is 0 Å². The van der Waals surface area contributed by atoms with Crippen LogP contribution in [-0.2, 0) is 10.8 Å². The molecule has 0 N–H and O–H groups in total. The Morgan fingerprint density at radius 1 is 0.176 bits per heavy atom. The summed E-state index contributed by atoms with van der Waals surface area (Å²) in [7, 11) is 0. The molecule has 102 heavy (non-hydrogen) atoms. The Morgan fingerprint density at radius 3 is 0.598 bits per heavy atom. The Hall–Kier alpha value is -13.3. The molecule has 0 aliphatic heterocycles. The zero-order chi connectivity index (χ0) is 68.5. The fourth-order valence-electron chi connectivity index (χ4n) is 15.6. The van der Waals surface area contributed by atoms with Gasteiger partial charge >= 0.3 is 0 Å². The van der Waals surface area contributed by atoms with Crippen molar-refractivity contribution in [3.8, 4) is 71.0 Å². The highest BCUT2D eigenvalue weighted by Crippen LogP contribution is 2.41. The molecule has 0 saturated carbocycles. The van der Waals surface area contributed by atoms with Gasteiger partial charge in [-0.3, -0.25) is 0 Å². The first-order valence-electron chi connectivity index (χ1n) is 35.0. The number of rotatable bonds is 0. The van der Waals surface area contributed by atoms with Crippen LogP contribution in [0.3, 0.4) is 0 Å². The SMILES string of the molecule is CC(C)(C)c1cc(C#Cc2ccc3ccc4cccc5ccc2c3c45)c(C#Cc2ccc(C#Cc3c(C#Cc4ccc5ccc6cccc7ccc4c5c67)cc(C(C)(C)C)cc3C#Cc3ccc4ccc5cccc6ccc3c4c56)cc2)c(C#Cc2ccc3ccc4cccc5ccc2c3c45)c1. The lowest BCUT2D eigenvalue weighted by molar-refractivity contribution is 0.589. The van der Waals surface area contributed by atoms with Crippen LogP contribution in [-0.4, -0.2) is 0 Å². The van der Waals surface area contributed by atoms with Crippen molar-refractivity contribution >= 4 is 129 Å². The van der Waals surface area contributed by atoms with Gasteiger partial charge in [-0.25, -0.2) is 0 Å². The first-order chi connectivity index (χ1) is 49.8. The van der Waals surface area contributed by atoms with Gasteiger partial charge in [0.1, 0.15) is 0 Å². The van der Waals surface area contributed by atoms with Crippen molar-refractivity contribution in [1.29, 1.82) is 0 Å². The molecule has 0 heterocycles. The van der Waals surface area contributed by atoms with Crippen LogP contribution in [0.5, 0.6) is 0 Å². The average molecular weight is 1290 g/mol. The summed E-state index contributed by atoms with van der Waals surface area (Å²) >= 11 is 0. The molecular formula is C102H62. The van der Waals surface area contributed by atoms with Gasteiger partial charge in [-0.05, 0) is 224 Å². The molecule has 0 atom stereocenters. The molecule has 0 bridgehead atoms. The molecule has 19 aromatic rings. The molecular weight excluding hydrogens is 1230 g/mol. The van der Waals surface area contributed by atoms with E-state index in [0.717, 1.165) is 99.4 Å². The first kappa shape index (κ1) is 59.9. The summed E-state index contributed by atoms with van der Waals surface area (Å²) in [6.45, 7) is 13.5. The number of hydrogen-bond donors (Lipinski definition) is 0. The van der Waals surface area contributed by atoms with E-state index in [1.165, 1.54) is 108 Å². The number of hydrogen-bond acceptors (Lipinski definition) is 0. The minimum Gasteiger partial charge on any atom is -0.0616 e. The van der Waals surface area contributed by atoms with E-state index < -0.39 is 0 Å². The van der Waals surface area contributed by atoms with E-state index in [1.54, 1.807) is 0 Å². The zero-order valence-corrected chi connectivity index (χ0v) is 57.4. The van der Waals surface area contributed by atoms with Crippen LogP contribution in [0.1, 0.15) is 119 Å². The monoisotopic (exact) mass is 1290 g/mol. The molecule has 0 spiro atoms. The van der Waals surface area contributed by atoms with Gasteiger partial charge in [-0.15, -0.1) is 0 Å². The van der Waals surface area contributed by atoms with Crippen LogP contribution >= 0.6 is 0 Å². The third-order valence-corrected chi connectivity index (χ3v) is 21.0. The molecule has 0 amide bonds. The molecule has 0 aliphatic carbocycles. The van der Waals surface area contributed by atoms with Gasteiger partial charge < -0.3 is 0 Å². The van der Waals surface area contributed by atoms with Crippen LogP contribution in [0, 0.1) is 71.0 Å². The molecule has 0 unspecified atom stereocenters. The van der Waals surface area contributed by atoms with Crippen LogP contribution in [0.25, 0.3) is 129 Å². The van der Waals surface area contributed by atoms with Crippen LogP contribution in [0.2, 0.25) is 0 Å². The van der Waals surface area contributed by atoms with E-state index >= 15 is 0 Å². The van der Waals surface area contributed by atoms with E-state index in [1.807, 2.05) is 0 Å². The standard InChI is InChI=1S/C102H62/c1-101(2,3)85-59-81(45-29-65-25-33-77-41-37-69-11-7-15-73-49-55-89(65)97(77)93(69)73)87(82(60-85)46-30-66-26-34-78-42-38-70-12-8-16-74-50-56-90(66)98(78)94(70)74)53-23-63-19-21-64(22-20-63)24-54-88-83(47-31-67-27-35-79-43-39-71-13-9-17-75-51-57-91(67)99(79)95(71)75)61-86(102(4,5)6)62-84(88)48-32-68-28-36-80-44-40-72-14-10-18-76-52-58-92(68)100(80)96(72)76/h7-22,25-28,33-44,49-52,55-62H,1-6H3. The van der Waals surface area contributed by atoms with Crippen molar-refractivity contribution in [3.63, 3.8) is 0 Å². The quantitative estimate of drug-likeness (QED) is 0.105. The summed E-state index contributed by atoms with van der Waals surface area (Å²) < 4.78 is 0. The Kier molecular flexibility index (Phi) is 13.6. The smallest absolute Gasteiger partial charge is 0.0562 e. The topological polar surface area (TPSA) is 0 Å². The molecule has 0 aliphatic rings. The Bertz CT molecular complexity index is 6330. The maximum absolute atomic E-state index is 3.73. The lowest BCUT2D eigenvalue weighted by Crippen LogP contribution is -2.12. The highest BCUT2D eigenvalue weighted by molar-refractivity contribution is 6.27. The molecule has 470 valence electrons. The van der Waals surface area contributed by atoms with Crippen LogP contribution in [0.4, 0.5) is 0 Å². The second kappa shape index (κ2) is 23.2. The summed E-state index contributed by atoms with van der Waals surface area (Å²) in [6.07, 6.45) is 0. The van der Waals surface area contributed by atoms with Crippen molar-refractivity contribution < 1.29 is 0 Å². The van der Waals surface area contributed by atoms with E-state index in [-0.39, 0.29) is 10.8 Å². The highest BCUT2D eigenvalue weighted by Gasteiger charge is 2.22. The third-order valence-electron chi connectivity index (χ3n) is 21.0. The van der Waals surface area contributed by atoms with E-state index in [0.29, 0.717) is 0 Å². The normalized spacial score (nSPS) is 11.7. The van der Waals surface area contributed by atoms with Crippen LogP contribution < -0.4 is 0 Å². The lowest BCUT2D eigenvalue weighted by Gasteiger charge is -2.20. The predicted molar refractivity (Wildman–Crippen MR) is 433 cm³/mol. The van der Waals surface area contributed by atoms with Gasteiger partial charge in [0.2, 0.25) is 0 Å². The van der Waals surface area contributed by atoms with Crippen molar-refractivity contribution in [3.05, 3.63) is 345 Å². The maximum Gasteiger partial charge on any atom is 0.0562 e. The van der Waals surface area contributed by atoms with Gasteiger partial charge in [0, 0.05) is 55.6 Å². The fourth-order valence-corrected chi connectivity index (χ4v) is 15.6. The van der Waals surface area contributed by atoms with Crippen molar-refractivity contribution in [2.75, 3.05) is 0 Å². The van der Waals surface area contributed by atoms with Crippen molar-refractivity contribution in [2.24, 2.45) is 0 Å². The summed E-state index contributed by atoms with van der Waals surface area (Å²) in [5, 5.41) is 29.2. The molecule has 0 radical (unpaired) electrons. The van der Waals surface area contributed by atoms with E-state index in [2.05, 4.69) is 380 Å². The second-order valence-corrected chi connectivity index (χ2v) is 29.3. The van der Waals surface area contributed by atoms with Crippen molar-refractivity contribution in [1.82, 2.24) is 0 Å². The predicted octanol–water partition coefficient (Wildman–Crippen LogP) is 24.3. The minimum absolute atomic E-state index is 0.221. The van der Waals surface area contributed by atoms with E-state index in [9.17, 15) is 0 Å². The third kappa shape index (κ3) is 10.1. The highest BCUT2D eigenvalue weighted by atomic mass is 14.2. The Morgan fingerprint density at radius 2 is 0.373 bits per heavy atom. The van der Waals surface area contributed by atoms with Gasteiger partial charge in [0.05, 0.1) is 11.1 Å². The van der Waals surface area contributed by atoms with Crippen molar-refractivity contribution in [2.45, 2.75) is 52.4 Å². The molecule has 0 nitrogen and oxygen atoms in total. The maximum atomic E-state index is 3.73. The molecule has 19 aromatic carbocycles.